The monoisotopic (exact) mass is 263 g/mol. The summed E-state index contributed by atoms with van der Waals surface area (Å²) < 4.78 is 0. The average Bonchev–Trinajstić information content (AvgIpc) is 2.40. The highest BCUT2D eigenvalue weighted by Crippen LogP contribution is 2.27. The van der Waals surface area contributed by atoms with E-state index in [0.29, 0.717) is 11.3 Å². The van der Waals surface area contributed by atoms with E-state index in [1.165, 1.54) is 0 Å². The van der Waals surface area contributed by atoms with Gasteiger partial charge >= 0.3 is 0 Å². The second kappa shape index (κ2) is 5.95. The molecule has 0 fully saturated rings. The number of nitrogens with one attached hydrogen (secondary N) is 1. The van der Waals surface area contributed by atoms with Crippen LogP contribution in [0.25, 0.3) is 0 Å². The van der Waals surface area contributed by atoms with Gasteiger partial charge in [-0.15, -0.1) is 0 Å². The van der Waals surface area contributed by atoms with Gasteiger partial charge in [-0.25, -0.2) is 0 Å². The van der Waals surface area contributed by atoms with Crippen LogP contribution in [-0.2, 0) is 0 Å². The summed E-state index contributed by atoms with van der Waals surface area (Å²) in [5, 5.41) is 3.47. The summed E-state index contributed by atoms with van der Waals surface area (Å²) in [6.45, 7) is 6.47. The number of rotatable bonds is 5. The Labute approximate surface area is 116 Å². The molecule has 106 valence electrons. The maximum Gasteiger partial charge on any atom is 0.253 e. The lowest BCUT2D eigenvalue weighted by molar-refractivity contribution is 0.0827. The van der Waals surface area contributed by atoms with E-state index >= 15 is 0 Å². The highest BCUT2D eigenvalue weighted by atomic mass is 16.2. The Kier molecular flexibility index (Phi) is 4.81. The lowest BCUT2D eigenvalue weighted by Crippen LogP contribution is -2.33. The molecular formula is C15H25N3O. The molecule has 0 saturated heterocycles. The van der Waals surface area contributed by atoms with Crippen molar-refractivity contribution in [2.24, 2.45) is 0 Å². The minimum atomic E-state index is -0.0352. The van der Waals surface area contributed by atoms with E-state index < -0.39 is 0 Å². The molecule has 4 nitrogen and oxygen atoms in total. The van der Waals surface area contributed by atoms with Crippen molar-refractivity contribution < 1.29 is 4.79 Å². The third-order valence-corrected chi connectivity index (χ3v) is 3.70. The molecule has 1 aromatic carbocycles. The summed E-state index contributed by atoms with van der Waals surface area (Å²) in [5.41, 5.74) is 8.19. The molecule has 0 heterocycles. The molecule has 0 aromatic heterocycles. The van der Waals surface area contributed by atoms with Crippen molar-refractivity contribution in [2.75, 3.05) is 25.1 Å². The molecule has 1 rings (SSSR count). The summed E-state index contributed by atoms with van der Waals surface area (Å²) in [6.07, 6.45) is 2.03. The number of hydrogen-bond acceptors (Lipinski definition) is 3. The number of nitrogen functional groups attached to an aromatic ring is 1. The first-order chi connectivity index (χ1) is 8.83. The van der Waals surface area contributed by atoms with Crippen LogP contribution < -0.4 is 11.1 Å². The highest BCUT2D eigenvalue weighted by molar-refractivity contribution is 5.95. The fraction of sp³-hybridized carbons (Fsp3) is 0.533. The van der Waals surface area contributed by atoms with Crippen molar-refractivity contribution in [1.29, 1.82) is 0 Å². The summed E-state index contributed by atoms with van der Waals surface area (Å²) in [5.74, 6) is -0.0352. The van der Waals surface area contributed by atoms with E-state index in [2.05, 4.69) is 26.1 Å². The van der Waals surface area contributed by atoms with Gasteiger partial charge in [0, 0.05) is 25.2 Å². The van der Waals surface area contributed by atoms with E-state index in [1.807, 2.05) is 12.1 Å². The summed E-state index contributed by atoms with van der Waals surface area (Å²) >= 11 is 0. The van der Waals surface area contributed by atoms with E-state index in [1.54, 1.807) is 25.1 Å². The van der Waals surface area contributed by atoms with Crippen LogP contribution in [0.4, 0.5) is 11.4 Å². The van der Waals surface area contributed by atoms with Gasteiger partial charge in [-0.1, -0.05) is 13.8 Å². The molecule has 3 N–H and O–H groups in total. The minimum Gasteiger partial charge on any atom is -0.397 e. The van der Waals surface area contributed by atoms with Crippen LogP contribution in [0.15, 0.2) is 18.2 Å². The Bertz CT molecular complexity index is 451. The van der Waals surface area contributed by atoms with E-state index in [9.17, 15) is 4.79 Å². The SMILES string of the molecule is CCC(C)(CC)Nc1ccc(C(=O)N(C)C)cc1N. The third kappa shape index (κ3) is 3.63. The normalized spacial score (nSPS) is 11.2. The average molecular weight is 263 g/mol. The highest BCUT2D eigenvalue weighted by Gasteiger charge is 2.20. The Hall–Kier alpha value is -1.71. The van der Waals surface area contributed by atoms with Gasteiger partial charge in [-0.05, 0) is 38.0 Å². The second-order valence-electron chi connectivity index (χ2n) is 5.39. The van der Waals surface area contributed by atoms with Crippen molar-refractivity contribution in [3.05, 3.63) is 23.8 Å². The summed E-state index contributed by atoms with van der Waals surface area (Å²) in [4.78, 5) is 13.4. The minimum absolute atomic E-state index is 0.0290. The van der Waals surface area contributed by atoms with Crippen molar-refractivity contribution in [3.8, 4) is 0 Å². The molecule has 0 spiro atoms. The number of benzene rings is 1. The van der Waals surface area contributed by atoms with Gasteiger partial charge in [0.05, 0.1) is 11.4 Å². The molecule has 1 amide bonds. The molecule has 0 unspecified atom stereocenters. The molecule has 0 bridgehead atoms. The topological polar surface area (TPSA) is 58.4 Å². The standard InChI is InChI=1S/C15H25N3O/c1-6-15(3,7-2)17-13-9-8-11(10-12(13)16)14(19)18(4)5/h8-10,17H,6-7,16H2,1-5H3. The first kappa shape index (κ1) is 15.3. The Balaban J connectivity index is 2.98. The van der Waals surface area contributed by atoms with Gasteiger partial charge in [0.2, 0.25) is 0 Å². The van der Waals surface area contributed by atoms with Gasteiger partial charge in [-0.3, -0.25) is 4.79 Å². The molecular weight excluding hydrogens is 238 g/mol. The van der Waals surface area contributed by atoms with Crippen LogP contribution >= 0.6 is 0 Å². The van der Waals surface area contributed by atoms with Crippen LogP contribution in [0, 0.1) is 0 Å². The molecule has 0 aliphatic rings. The predicted molar refractivity (Wildman–Crippen MR) is 81.5 cm³/mol. The van der Waals surface area contributed by atoms with Crippen LogP contribution in [-0.4, -0.2) is 30.4 Å². The van der Waals surface area contributed by atoms with Crippen molar-refractivity contribution in [3.63, 3.8) is 0 Å². The number of hydrogen-bond donors (Lipinski definition) is 2. The van der Waals surface area contributed by atoms with Crippen molar-refractivity contribution in [2.45, 2.75) is 39.2 Å². The van der Waals surface area contributed by atoms with Gasteiger partial charge in [0.1, 0.15) is 0 Å². The number of amides is 1. The maximum atomic E-state index is 11.9. The fourth-order valence-corrected chi connectivity index (χ4v) is 1.82. The molecule has 0 aliphatic carbocycles. The van der Waals surface area contributed by atoms with Gasteiger partial charge in [0.15, 0.2) is 0 Å². The van der Waals surface area contributed by atoms with Gasteiger partial charge < -0.3 is 16.0 Å². The summed E-state index contributed by atoms with van der Waals surface area (Å²) in [6, 6.07) is 5.43. The predicted octanol–water partition coefficient (Wildman–Crippen LogP) is 2.96. The zero-order valence-corrected chi connectivity index (χ0v) is 12.6. The number of carbonyl (C=O) groups excluding carboxylic acids is 1. The molecule has 1 aromatic rings. The zero-order valence-electron chi connectivity index (χ0n) is 12.6. The fourth-order valence-electron chi connectivity index (χ4n) is 1.82. The molecule has 0 saturated carbocycles. The lowest BCUT2D eigenvalue weighted by Gasteiger charge is -2.30. The van der Waals surface area contributed by atoms with Crippen LogP contribution in [0.1, 0.15) is 44.0 Å². The molecule has 4 heteroatoms. The number of nitrogens with two attached hydrogens (primary N) is 1. The van der Waals surface area contributed by atoms with E-state index in [4.69, 9.17) is 5.73 Å². The van der Waals surface area contributed by atoms with Crippen LogP contribution in [0.2, 0.25) is 0 Å². The third-order valence-electron chi connectivity index (χ3n) is 3.70. The van der Waals surface area contributed by atoms with Crippen molar-refractivity contribution >= 4 is 17.3 Å². The maximum absolute atomic E-state index is 11.9. The molecule has 19 heavy (non-hydrogen) atoms. The number of anilines is 2. The molecule has 0 atom stereocenters. The van der Waals surface area contributed by atoms with E-state index in [-0.39, 0.29) is 11.4 Å². The second-order valence-corrected chi connectivity index (χ2v) is 5.39. The van der Waals surface area contributed by atoms with E-state index in [0.717, 1.165) is 18.5 Å². The molecule has 0 aliphatic heterocycles. The van der Waals surface area contributed by atoms with Crippen LogP contribution in [0.3, 0.4) is 0 Å². The zero-order chi connectivity index (χ0) is 14.6. The van der Waals surface area contributed by atoms with Gasteiger partial charge in [0.25, 0.3) is 5.91 Å². The Morgan fingerprint density at radius 2 is 1.89 bits per heavy atom. The number of nitrogens with zero attached hydrogens (tertiary/aromatic N) is 1. The lowest BCUT2D eigenvalue weighted by atomic mass is 9.95. The van der Waals surface area contributed by atoms with Crippen LogP contribution in [0.5, 0.6) is 0 Å². The molecule has 0 radical (unpaired) electrons. The first-order valence-electron chi connectivity index (χ1n) is 6.72. The Morgan fingerprint density at radius 3 is 2.32 bits per heavy atom. The Morgan fingerprint density at radius 1 is 1.32 bits per heavy atom. The summed E-state index contributed by atoms with van der Waals surface area (Å²) in [7, 11) is 3.46. The quantitative estimate of drug-likeness (QED) is 0.803. The number of carbonyl (C=O) groups is 1. The smallest absolute Gasteiger partial charge is 0.253 e. The first-order valence-corrected chi connectivity index (χ1v) is 6.72. The van der Waals surface area contributed by atoms with Crippen molar-refractivity contribution in [1.82, 2.24) is 4.90 Å². The largest absolute Gasteiger partial charge is 0.397 e. The van der Waals surface area contributed by atoms with Gasteiger partial charge in [-0.2, -0.15) is 0 Å².